The Kier molecular flexibility index (Phi) is 3.71. The largest absolute Gasteiger partial charge is 0.477 e. The molecule has 0 saturated heterocycles. The maximum absolute atomic E-state index is 12.3. The van der Waals surface area contributed by atoms with Gasteiger partial charge in [-0.25, -0.2) is 9.78 Å². The van der Waals surface area contributed by atoms with Gasteiger partial charge in [0.25, 0.3) is 5.56 Å². The molecular weight excluding hydrogens is 314 g/mol. The predicted molar refractivity (Wildman–Crippen MR) is 90.8 cm³/mol. The van der Waals surface area contributed by atoms with Crippen molar-refractivity contribution in [2.45, 2.75) is 6.92 Å². The van der Waals surface area contributed by atoms with Gasteiger partial charge in [0.2, 0.25) is 0 Å². The van der Waals surface area contributed by atoms with Crippen LogP contribution in [0.5, 0.6) is 0 Å². The Bertz CT molecular complexity index is 984. The molecule has 0 radical (unpaired) electrons. The number of fused-ring (bicyclic) bond motifs is 1. The van der Waals surface area contributed by atoms with Crippen molar-refractivity contribution in [1.82, 2.24) is 9.38 Å². The van der Waals surface area contributed by atoms with Crippen molar-refractivity contribution in [3.8, 4) is 0 Å². The number of anilines is 1. The lowest BCUT2D eigenvalue weighted by Gasteiger charge is -2.00. The van der Waals surface area contributed by atoms with E-state index in [9.17, 15) is 9.59 Å². The summed E-state index contributed by atoms with van der Waals surface area (Å²) in [6.45, 7) is 1.67. The fourth-order valence-corrected chi connectivity index (χ4v) is 2.91. The molecular formula is C16H13N3O3S. The number of nitrogens with two attached hydrogens (primary N) is 1. The summed E-state index contributed by atoms with van der Waals surface area (Å²) in [5.74, 6) is -1.07. The highest BCUT2D eigenvalue weighted by Crippen LogP contribution is 2.17. The molecule has 0 spiro atoms. The van der Waals surface area contributed by atoms with Crippen molar-refractivity contribution in [2.75, 3.05) is 5.73 Å². The molecule has 116 valence electrons. The first-order valence-corrected chi connectivity index (χ1v) is 7.57. The molecule has 23 heavy (non-hydrogen) atoms. The van der Waals surface area contributed by atoms with E-state index in [1.807, 2.05) is 18.2 Å². The molecule has 3 aromatic rings. The molecule has 2 aromatic heterocycles. The van der Waals surface area contributed by atoms with Gasteiger partial charge in [0, 0.05) is 17.4 Å². The van der Waals surface area contributed by atoms with Crippen LogP contribution in [0.25, 0.3) is 17.1 Å². The minimum absolute atomic E-state index is 0.0775. The van der Waals surface area contributed by atoms with Crippen LogP contribution in [-0.2, 0) is 0 Å². The second-order valence-electron chi connectivity index (χ2n) is 4.98. The minimum Gasteiger partial charge on any atom is -0.477 e. The van der Waals surface area contributed by atoms with E-state index in [1.54, 1.807) is 25.1 Å². The molecule has 0 fully saturated rings. The highest BCUT2D eigenvalue weighted by atomic mass is 32.1. The van der Waals surface area contributed by atoms with E-state index in [2.05, 4.69) is 4.98 Å². The van der Waals surface area contributed by atoms with Crippen molar-refractivity contribution >= 4 is 40.1 Å². The third kappa shape index (κ3) is 2.86. The zero-order chi connectivity index (χ0) is 16.6. The molecule has 0 bridgehead atoms. The fourth-order valence-electron chi connectivity index (χ4n) is 2.09. The van der Waals surface area contributed by atoms with Crippen LogP contribution in [0.1, 0.15) is 26.5 Å². The van der Waals surface area contributed by atoms with Gasteiger partial charge >= 0.3 is 5.97 Å². The number of hydrogen-bond donors (Lipinski definition) is 2. The van der Waals surface area contributed by atoms with E-state index in [0.717, 1.165) is 16.9 Å². The average Bonchev–Trinajstić information content (AvgIpc) is 2.95. The Hall–Kier alpha value is -2.93. The van der Waals surface area contributed by atoms with Crippen molar-refractivity contribution in [3.63, 3.8) is 0 Å². The van der Waals surface area contributed by atoms with Crippen LogP contribution in [0.3, 0.4) is 0 Å². The number of hydrogen-bond acceptors (Lipinski definition) is 5. The molecule has 0 aliphatic heterocycles. The van der Waals surface area contributed by atoms with Crippen LogP contribution >= 0.6 is 11.3 Å². The zero-order valence-corrected chi connectivity index (χ0v) is 13.0. The lowest BCUT2D eigenvalue weighted by molar-refractivity contribution is 0.0702. The molecule has 0 atom stereocenters. The number of aromatic carboxylic acids is 1. The molecule has 2 heterocycles. The van der Waals surface area contributed by atoms with Crippen molar-refractivity contribution in [1.29, 1.82) is 0 Å². The van der Waals surface area contributed by atoms with Gasteiger partial charge < -0.3 is 10.8 Å². The second kappa shape index (κ2) is 5.69. The summed E-state index contributed by atoms with van der Waals surface area (Å²) in [6.07, 6.45) is 4.87. The van der Waals surface area contributed by atoms with Crippen LogP contribution in [-0.4, -0.2) is 20.5 Å². The van der Waals surface area contributed by atoms with Crippen molar-refractivity contribution < 1.29 is 9.90 Å². The van der Waals surface area contributed by atoms with Crippen LogP contribution in [0, 0.1) is 6.92 Å². The summed E-state index contributed by atoms with van der Waals surface area (Å²) in [5, 5.41) is 9.03. The molecule has 7 heteroatoms. The Balaban J connectivity index is 2.07. The van der Waals surface area contributed by atoms with E-state index >= 15 is 0 Å². The van der Waals surface area contributed by atoms with Gasteiger partial charge in [-0.05, 0) is 30.7 Å². The smallest absolute Gasteiger partial charge is 0.347 e. The number of carboxylic acid groups (broad SMARTS) is 1. The summed E-state index contributed by atoms with van der Waals surface area (Å²) in [6, 6.07) is 7.30. The summed E-state index contributed by atoms with van der Waals surface area (Å²) in [5.41, 5.74) is 7.96. The summed E-state index contributed by atoms with van der Waals surface area (Å²) in [4.78, 5) is 28.2. The summed E-state index contributed by atoms with van der Waals surface area (Å²) < 4.78 is 1.27. The lowest BCUT2D eigenvalue weighted by Crippen LogP contribution is -2.17. The van der Waals surface area contributed by atoms with E-state index in [-0.39, 0.29) is 10.4 Å². The van der Waals surface area contributed by atoms with E-state index in [4.69, 9.17) is 10.8 Å². The highest BCUT2D eigenvalue weighted by molar-refractivity contribution is 7.18. The van der Waals surface area contributed by atoms with Crippen molar-refractivity contribution in [2.24, 2.45) is 0 Å². The normalized spacial score (nSPS) is 11.3. The number of nitrogens with zero attached hydrogens (tertiary/aromatic N) is 2. The standard InChI is InChI=1S/C16H13N3O3S/c1-9-12(7-4-10-2-5-11(17)6-3-10)18-16-19(14(9)20)8-13(23-16)15(21)22/h2-8H,17H2,1H3,(H,21,22)/b7-4+. The van der Waals surface area contributed by atoms with Crippen LogP contribution < -0.4 is 11.3 Å². The third-order valence-electron chi connectivity index (χ3n) is 3.37. The molecule has 0 aliphatic rings. The molecule has 0 aliphatic carbocycles. The first kappa shape index (κ1) is 15.0. The Morgan fingerprint density at radius 1 is 1.30 bits per heavy atom. The highest BCUT2D eigenvalue weighted by Gasteiger charge is 2.13. The lowest BCUT2D eigenvalue weighted by atomic mass is 10.1. The number of aromatic nitrogens is 2. The van der Waals surface area contributed by atoms with Gasteiger partial charge in [-0.1, -0.05) is 29.5 Å². The van der Waals surface area contributed by atoms with Crippen LogP contribution in [0.2, 0.25) is 0 Å². The summed E-state index contributed by atoms with van der Waals surface area (Å²) >= 11 is 0.968. The topological polar surface area (TPSA) is 97.7 Å². The number of nitrogen functional groups attached to an aromatic ring is 1. The monoisotopic (exact) mass is 327 g/mol. The number of rotatable bonds is 3. The molecule has 6 nitrogen and oxygen atoms in total. The quantitative estimate of drug-likeness (QED) is 0.720. The molecule has 1 aromatic carbocycles. The van der Waals surface area contributed by atoms with Crippen molar-refractivity contribution in [3.05, 3.63) is 62.5 Å². The number of thiazole rings is 1. The van der Waals surface area contributed by atoms with E-state index in [0.29, 0.717) is 21.9 Å². The van der Waals surface area contributed by atoms with Gasteiger partial charge in [-0.3, -0.25) is 9.20 Å². The van der Waals surface area contributed by atoms with E-state index < -0.39 is 5.97 Å². The fraction of sp³-hybridized carbons (Fsp3) is 0.0625. The molecule has 0 saturated carbocycles. The van der Waals surface area contributed by atoms with Gasteiger partial charge in [-0.15, -0.1) is 0 Å². The second-order valence-corrected chi connectivity index (χ2v) is 5.99. The first-order chi connectivity index (χ1) is 11.0. The zero-order valence-electron chi connectivity index (χ0n) is 12.2. The Labute approximate surface area is 135 Å². The molecule has 3 rings (SSSR count). The van der Waals surface area contributed by atoms with E-state index in [1.165, 1.54) is 10.6 Å². The number of carbonyl (C=O) groups is 1. The Morgan fingerprint density at radius 3 is 2.65 bits per heavy atom. The first-order valence-electron chi connectivity index (χ1n) is 6.75. The maximum Gasteiger partial charge on any atom is 0.347 e. The minimum atomic E-state index is -1.07. The van der Waals surface area contributed by atoms with Gasteiger partial charge in [0.1, 0.15) is 4.88 Å². The predicted octanol–water partition coefficient (Wildman–Crippen LogP) is 2.52. The van der Waals surface area contributed by atoms with Crippen LogP contribution in [0.4, 0.5) is 5.69 Å². The molecule has 0 amide bonds. The Morgan fingerprint density at radius 2 is 2.00 bits per heavy atom. The number of carboxylic acids is 1. The molecule has 0 unspecified atom stereocenters. The van der Waals surface area contributed by atoms with Gasteiger partial charge in [0.05, 0.1) is 5.69 Å². The maximum atomic E-state index is 12.3. The third-order valence-corrected chi connectivity index (χ3v) is 4.34. The molecule has 3 N–H and O–H groups in total. The number of benzene rings is 1. The van der Waals surface area contributed by atoms with Crippen LogP contribution in [0.15, 0.2) is 35.3 Å². The average molecular weight is 327 g/mol. The van der Waals surface area contributed by atoms with Gasteiger partial charge in [-0.2, -0.15) is 0 Å². The summed E-state index contributed by atoms with van der Waals surface area (Å²) in [7, 11) is 0. The SMILES string of the molecule is Cc1c(/C=C/c2ccc(N)cc2)nc2sc(C(=O)O)cn2c1=O. The van der Waals surface area contributed by atoms with Gasteiger partial charge in [0.15, 0.2) is 4.96 Å².